The van der Waals surface area contributed by atoms with Crippen molar-refractivity contribution in [3.05, 3.63) is 102 Å². The smallest absolute Gasteiger partial charge is 0.324 e. The van der Waals surface area contributed by atoms with Crippen LogP contribution in [0.1, 0.15) is 27.5 Å². The van der Waals surface area contributed by atoms with E-state index < -0.39 is 6.04 Å². The van der Waals surface area contributed by atoms with E-state index in [0.717, 1.165) is 11.1 Å². The minimum absolute atomic E-state index is 0.123. The van der Waals surface area contributed by atoms with Gasteiger partial charge in [-0.15, -0.1) is 0 Å². The molecule has 1 atom stereocenters. The van der Waals surface area contributed by atoms with Crippen molar-refractivity contribution < 1.29 is 14.3 Å². The molecule has 0 spiro atoms. The molecule has 6 nitrogen and oxygen atoms in total. The van der Waals surface area contributed by atoms with Gasteiger partial charge in [-0.3, -0.25) is 19.5 Å². The van der Waals surface area contributed by atoms with Crippen molar-refractivity contribution in [2.45, 2.75) is 12.1 Å². The van der Waals surface area contributed by atoms with Gasteiger partial charge in [-0.05, 0) is 23.3 Å². The normalized spacial score (nSPS) is 16.8. The van der Waals surface area contributed by atoms with E-state index in [4.69, 9.17) is 4.74 Å². The molecule has 3 aromatic rings. The maximum absolute atomic E-state index is 13.0. The molecule has 4 rings (SSSR count). The predicted octanol–water partition coefficient (Wildman–Crippen LogP) is 3.17. The van der Waals surface area contributed by atoms with Gasteiger partial charge in [0.1, 0.15) is 6.04 Å². The molecule has 6 heteroatoms. The number of rotatable bonds is 5. The standard InChI is InChI=1S/C25H25N3O3/c1-31-25(30)22-18-27(24(29)21-13-8-14-26-17-21)15-16-28(22)23(19-9-4-2-5-10-19)20-11-6-3-7-12-20/h2-14,17,22-23H,15-16,18H2,1H3. The Morgan fingerprint density at radius 2 is 1.58 bits per heavy atom. The first kappa shape index (κ1) is 20.8. The lowest BCUT2D eigenvalue weighted by Gasteiger charge is -2.44. The molecular formula is C25H25N3O3. The average Bonchev–Trinajstić information content (AvgIpc) is 2.85. The van der Waals surface area contributed by atoms with Gasteiger partial charge in [-0.1, -0.05) is 60.7 Å². The molecule has 1 aliphatic rings. The summed E-state index contributed by atoms with van der Waals surface area (Å²) in [5, 5.41) is 0. The first-order valence-electron chi connectivity index (χ1n) is 10.3. The molecule has 31 heavy (non-hydrogen) atoms. The second-order valence-electron chi connectivity index (χ2n) is 7.49. The van der Waals surface area contributed by atoms with E-state index in [-0.39, 0.29) is 24.5 Å². The molecule has 0 radical (unpaired) electrons. The molecule has 1 unspecified atom stereocenters. The fourth-order valence-electron chi connectivity index (χ4n) is 4.15. The maximum Gasteiger partial charge on any atom is 0.324 e. The van der Waals surface area contributed by atoms with Gasteiger partial charge >= 0.3 is 5.97 Å². The van der Waals surface area contributed by atoms with Crippen LogP contribution in [0, 0.1) is 0 Å². The first-order chi connectivity index (χ1) is 15.2. The second-order valence-corrected chi connectivity index (χ2v) is 7.49. The molecule has 1 saturated heterocycles. The molecule has 0 saturated carbocycles. The Labute approximate surface area is 182 Å². The van der Waals surface area contributed by atoms with Crippen LogP contribution in [0.4, 0.5) is 0 Å². The van der Waals surface area contributed by atoms with Crippen LogP contribution in [0.5, 0.6) is 0 Å². The van der Waals surface area contributed by atoms with Gasteiger partial charge < -0.3 is 9.64 Å². The molecule has 1 amide bonds. The van der Waals surface area contributed by atoms with Crippen molar-refractivity contribution >= 4 is 11.9 Å². The van der Waals surface area contributed by atoms with Crippen LogP contribution in [0.3, 0.4) is 0 Å². The monoisotopic (exact) mass is 415 g/mol. The van der Waals surface area contributed by atoms with Crippen LogP contribution in [-0.2, 0) is 9.53 Å². The number of benzene rings is 2. The van der Waals surface area contributed by atoms with Crippen LogP contribution >= 0.6 is 0 Å². The number of methoxy groups -OCH3 is 1. The molecule has 1 aromatic heterocycles. The van der Waals surface area contributed by atoms with Gasteiger partial charge in [-0.25, -0.2) is 0 Å². The van der Waals surface area contributed by atoms with E-state index in [1.807, 2.05) is 36.4 Å². The molecule has 0 aliphatic carbocycles. The highest BCUT2D eigenvalue weighted by atomic mass is 16.5. The Kier molecular flexibility index (Phi) is 6.38. The lowest BCUT2D eigenvalue weighted by atomic mass is 9.94. The number of amides is 1. The third-order valence-corrected chi connectivity index (χ3v) is 5.65. The summed E-state index contributed by atoms with van der Waals surface area (Å²) in [6, 6.07) is 23.0. The van der Waals surface area contributed by atoms with E-state index in [1.54, 1.807) is 29.4 Å². The van der Waals surface area contributed by atoms with Gasteiger partial charge in [-0.2, -0.15) is 0 Å². The fraction of sp³-hybridized carbons (Fsp3) is 0.240. The molecule has 2 heterocycles. The summed E-state index contributed by atoms with van der Waals surface area (Å²) < 4.78 is 5.14. The number of aromatic nitrogens is 1. The third kappa shape index (κ3) is 4.49. The number of carbonyl (C=O) groups excluding carboxylic acids is 2. The number of hydrogen-bond donors (Lipinski definition) is 0. The molecule has 2 aromatic carbocycles. The molecular weight excluding hydrogens is 390 g/mol. The number of ether oxygens (including phenoxy) is 1. The SMILES string of the molecule is COC(=O)C1CN(C(=O)c2cccnc2)CCN1C(c1ccccc1)c1ccccc1. The first-order valence-corrected chi connectivity index (χ1v) is 10.3. The Balaban J connectivity index is 1.67. The van der Waals surface area contributed by atoms with E-state index in [2.05, 4.69) is 34.1 Å². The second kappa shape index (κ2) is 9.53. The van der Waals surface area contributed by atoms with Gasteiger partial charge in [0.25, 0.3) is 5.91 Å². The Bertz CT molecular complexity index is 972. The largest absolute Gasteiger partial charge is 0.468 e. The van der Waals surface area contributed by atoms with Gasteiger partial charge in [0.2, 0.25) is 0 Å². The lowest BCUT2D eigenvalue weighted by Crippen LogP contribution is -2.58. The van der Waals surface area contributed by atoms with Crippen molar-refractivity contribution in [2.75, 3.05) is 26.7 Å². The minimum atomic E-state index is -0.579. The van der Waals surface area contributed by atoms with Gasteiger partial charge in [0, 0.05) is 32.0 Å². The topological polar surface area (TPSA) is 62.7 Å². The van der Waals surface area contributed by atoms with Crippen molar-refractivity contribution in [1.29, 1.82) is 0 Å². The van der Waals surface area contributed by atoms with Crippen LogP contribution in [-0.4, -0.2) is 59.4 Å². The molecule has 0 bridgehead atoms. The number of esters is 1. The third-order valence-electron chi connectivity index (χ3n) is 5.65. The number of pyridine rings is 1. The van der Waals surface area contributed by atoms with Gasteiger partial charge in [0.15, 0.2) is 0 Å². The quantitative estimate of drug-likeness (QED) is 0.599. The highest BCUT2D eigenvalue weighted by Gasteiger charge is 2.39. The maximum atomic E-state index is 13.0. The number of nitrogens with zero attached hydrogens (tertiary/aromatic N) is 3. The summed E-state index contributed by atoms with van der Waals surface area (Å²) in [5.74, 6) is -0.474. The Morgan fingerprint density at radius 1 is 0.935 bits per heavy atom. The summed E-state index contributed by atoms with van der Waals surface area (Å²) >= 11 is 0. The van der Waals surface area contributed by atoms with Crippen molar-refractivity contribution in [1.82, 2.24) is 14.8 Å². The number of carbonyl (C=O) groups is 2. The van der Waals surface area contributed by atoms with Crippen molar-refractivity contribution in [3.63, 3.8) is 0 Å². The highest BCUT2D eigenvalue weighted by Crippen LogP contribution is 2.32. The van der Waals surface area contributed by atoms with Crippen molar-refractivity contribution in [3.8, 4) is 0 Å². The zero-order valence-electron chi connectivity index (χ0n) is 17.4. The minimum Gasteiger partial charge on any atom is -0.468 e. The van der Waals surface area contributed by atoms with Crippen molar-refractivity contribution in [2.24, 2.45) is 0 Å². The highest BCUT2D eigenvalue weighted by molar-refractivity contribution is 5.94. The van der Waals surface area contributed by atoms with E-state index >= 15 is 0 Å². The lowest BCUT2D eigenvalue weighted by molar-refractivity contribution is -0.150. The number of piperazine rings is 1. The van der Waals surface area contributed by atoms with E-state index in [1.165, 1.54) is 7.11 Å². The van der Waals surface area contributed by atoms with Gasteiger partial charge in [0.05, 0.1) is 18.7 Å². The fourth-order valence-corrected chi connectivity index (χ4v) is 4.15. The van der Waals surface area contributed by atoms with Crippen LogP contribution in [0.2, 0.25) is 0 Å². The predicted molar refractivity (Wildman–Crippen MR) is 117 cm³/mol. The molecule has 1 fully saturated rings. The zero-order valence-corrected chi connectivity index (χ0v) is 17.4. The molecule has 1 aliphatic heterocycles. The van der Waals surface area contributed by atoms with E-state index in [0.29, 0.717) is 18.7 Å². The van der Waals surface area contributed by atoms with Crippen LogP contribution < -0.4 is 0 Å². The van der Waals surface area contributed by atoms with Crippen LogP contribution in [0.15, 0.2) is 85.2 Å². The summed E-state index contributed by atoms with van der Waals surface area (Å²) in [6.07, 6.45) is 3.19. The Hall–Kier alpha value is -3.51. The summed E-state index contributed by atoms with van der Waals surface area (Å²) in [6.45, 7) is 1.31. The summed E-state index contributed by atoms with van der Waals surface area (Å²) in [4.78, 5) is 33.7. The molecule has 158 valence electrons. The van der Waals surface area contributed by atoms with E-state index in [9.17, 15) is 9.59 Å². The Morgan fingerprint density at radius 3 is 2.13 bits per heavy atom. The van der Waals surface area contributed by atoms with Crippen LogP contribution in [0.25, 0.3) is 0 Å². The summed E-state index contributed by atoms with van der Waals surface area (Å²) in [7, 11) is 1.39. The summed E-state index contributed by atoms with van der Waals surface area (Å²) in [5.41, 5.74) is 2.70. The molecule has 0 N–H and O–H groups in total. The average molecular weight is 415 g/mol. The number of hydrogen-bond acceptors (Lipinski definition) is 5. The zero-order chi connectivity index (χ0) is 21.6.